The van der Waals surface area contributed by atoms with Crippen molar-refractivity contribution in [3.05, 3.63) is 64.1 Å². The van der Waals surface area contributed by atoms with E-state index in [1.165, 1.54) is 18.4 Å². The van der Waals surface area contributed by atoms with Crippen LogP contribution >= 0.6 is 27.3 Å². The molecular formula is C19H16BrN3O3S. The van der Waals surface area contributed by atoms with Crippen molar-refractivity contribution in [2.45, 2.75) is 6.42 Å². The van der Waals surface area contributed by atoms with Crippen molar-refractivity contribution in [3.63, 3.8) is 0 Å². The largest absolute Gasteiger partial charge is 0.453 e. The fourth-order valence-corrected chi connectivity index (χ4v) is 3.53. The van der Waals surface area contributed by atoms with Crippen molar-refractivity contribution < 1.29 is 14.3 Å². The summed E-state index contributed by atoms with van der Waals surface area (Å²) in [5.74, 6) is -0.158. The van der Waals surface area contributed by atoms with Gasteiger partial charge in [0.1, 0.15) is 5.01 Å². The van der Waals surface area contributed by atoms with E-state index in [4.69, 9.17) is 0 Å². The molecule has 0 bridgehead atoms. The van der Waals surface area contributed by atoms with E-state index in [0.29, 0.717) is 11.4 Å². The van der Waals surface area contributed by atoms with Gasteiger partial charge < -0.3 is 10.1 Å². The van der Waals surface area contributed by atoms with Crippen LogP contribution in [-0.2, 0) is 16.0 Å². The molecule has 3 rings (SSSR count). The van der Waals surface area contributed by atoms with Gasteiger partial charge in [0.2, 0.25) is 5.91 Å². The standard InChI is InChI=1S/C19H16BrN3O3S/c1-26-19(25)23-15-7-5-14(6-8-15)21-17(24)10-16-11-27-18(22-16)12-3-2-4-13(20)9-12/h2-9,11H,10H2,1H3,(H,21,24)(H,23,25). The second-order valence-corrected chi connectivity index (χ2v) is 7.35. The number of nitrogens with zero attached hydrogens (tertiary/aromatic N) is 1. The first-order valence-electron chi connectivity index (χ1n) is 7.99. The smallest absolute Gasteiger partial charge is 0.411 e. The van der Waals surface area contributed by atoms with Crippen LogP contribution in [0.25, 0.3) is 10.6 Å². The van der Waals surface area contributed by atoms with Gasteiger partial charge in [0, 0.05) is 26.8 Å². The fraction of sp³-hybridized carbons (Fsp3) is 0.105. The quantitative estimate of drug-likeness (QED) is 0.583. The highest BCUT2D eigenvalue weighted by Gasteiger charge is 2.10. The molecule has 0 fully saturated rings. The lowest BCUT2D eigenvalue weighted by atomic mass is 10.2. The molecule has 0 unspecified atom stereocenters. The molecule has 0 saturated heterocycles. The third-order valence-electron chi connectivity index (χ3n) is 3.57. The molecule has 6 nitrogen and oxygen atoms in total. The molecule has 0 spiro atoms. The Labute approximate surface area is 168 Å². The first-order chi connectivity index (χ1) is 13.0. The molecule has 0 saturated carbocycles. The summed E-state index contributed by atoms with van der Waals surface area (Å²) >= 11 is 4.95. The summed E-state index contributed by atoms with van der Waals surface area (Å²) in [4.78, 5) is 27.9. The highest BCUT2D eigenvalue weighted by molar-refractivity contribution is 9.10. The van der Waals surface area contributed by atoms with Gasteiger partial charge in [0.25, 0.3) is 0 Å². The van der Waals surface area contributed by atoms with Gasteiger partial charge in [-0.15, -0.1) is 11.3 Å². The SMILES string of the molecule is COC(=O)Nc1ccc(NC(=O)Cc2csc(-c3cccc(Br)c3)n2)cc1. The molecule has 0 atom stereocenters. The predicted molar refractivity (Wildman–Crippen MR) is 110 cm³/mol. The zero-order chi connectivity index (χ0) is 19.2. The molecule has 0 aliphatic carbocycles. The van der Waals surface area contributed by atoms with Crippen molar-refractivity contribution in [1.29, 1.82) is 0 Å². The monoisotopic (exact) mass is 445 g/mol. The summed E-state index contributed by atoms with van der Waals surface area (Å²) in [6.07, 6.45) is -0.358. The highest BCUT2D eigenvalue weighted by Crippen LogP contribution is 2.26. The summed E-state index contributed by atoms with van der Waals surface area (Å²) < 4.78 is 5.51. The lowest BCUT2D eigenvalue weighted by Gasteiger charge is -2.06. The number of carbonyl (C=O) groups is 2. The van der Waals surface area contributed by atoms with Crippen LogP contribution in [0.1, 0.15) is 5.69 Å². The van der Waals surface area contributed by atoms with E-state index in [0.717, 1.165) is 20.7 Å². The molecule has 1 heterocycles. The number of thiazole rings is 1. The van der Waals surface area contributed by atoms with Crippen LogP contribution in [0.5, 0.6) is 0 Å². The normalized spacial score (nSPS) is 10.3. The molecule has 27 heavy (non-hydrogen) atoms. The van der Waals surface area contributed by atoms with E-state index in [-0.39, 0.29) is 12.3 Å². The lowest BCUT2D eigenvalue weighted by molar-refractivity contribution is -0.115. The van der Waals surface area contributed by atoms with Crippen molar-refractivity contribution in [2.75, 3.05) is 17.7 Å². The first-order valence-corrected chi connectivity index (χ1v) is 9.66. The topological polar surface area (TPSA) is 80.3 Å². The van der Waals surface area contributed by atoms with Crippen LogP contribution in [0.3, 0.4) is 0 Å². The highest BCUT2D eigenvalue weighted by atomic mass is 79.9. The van der Waals surface area contributed by atoms with Crippen molar-refractivity contribution >= 4 is 50.6 Å². The van der Waals surface area contributed by atoms with E-state index in [9.17, 15) is 9.59 Å². The number of ether oxygens (including phenoxy) is 1. The zero-order valence-electron chi connectivity index (χ0n) is 14.4. The fourth-order valence-electron chi connectivity index (χ4n) is 2.32. The lowest BCUT2D eigenvalue weighted by Crippen LogP contribution is -2.15. The Morgan fingerprint density at radius 2 is 1.81 bits per heavy atom. The van der Waals surface area contributed by atoms with Crippen LogP contribution in [0.4, 0.5) is 16.2 Å². The Hall–Kier alpha value is -2.71. The molecule has 3 aromatic rings. The zero-order valence-corrected chi connectivity index (χ0v) is 16.8. The van der Waals surface area contributed by atoms with Crippen molar-refractivity contribution in [3.8, 4) is 10.6 Å². The third-order valence-corrected chi connectivity index (χ3v) is 5.00. The van der Waals surface area contributed by atoms with Gasteiger partial charge >= 0.3 is 6.09 Å². The number of benzene rings is 2. The molecule has 0 radical (unpaired) electrons. The Kier molecular flexibility index (Phi) is 6.20. The van der Waals surface area contributed by atoms with Crippen LogP contribution in [-0.4, -0.2) is 24.1 Å². The Morgan fingerprint density at radius 3 is 2.48 bits per heavy atom. The second kappa shape index (κ2) is 8.79. The minimum Gasteiger partial charge on any atom is -0.453 e. The number of methoxy groups -OCH3 is 1. The van der Waals surface area contributed by atoms with E-state index in [1.54, 1.807) is 24.3 Å². The van der Waals surface area contributed by atoms with Gasteiger partial charge in [-0.05, 0) is 36.4 Å². The summed E-state index contributed by atoms with van der Waals surface area (Å²) in [7, 11) is 1.30. The summed E-state index contributed by atoms with van der Waals surface area (Å²) in [5.41, 5.74) is 2.95. The molecule has 2 N–H and O–H groups in total. The maximum atomic E-state index is 12.2. The number of aromatic nitrogens is 1. The number of rotatable bonds is 5. The molecule has 1 aromatic heterocycles. The van der Waals surface area contributed by atoms with Crippen LogP contribution in [0.2, 0.25) is 0 Å². The Balaban J connectivity index is 1.59. The average molecular weight is 446 g/mol. The number of hydrogen-bond donors (Lipinski definition) is 2. The molecule has 0 aliphatic rings. The summed E-state index contributed by atoms with van der Waals surface area (Å²) in [6, 6.07) is 14.7. The van der Waals surface area contributed by atoms with Gasteiger partial charge in [-0.3, -0.25) is 10.1 Å². The number of amides is 2. The van der Waals surface area contributed by atoms with E-state index in [1.807, 2.05) is 29.6 Å². The third kappa shape index (κ3) is 5.38. The minimum absolute atomic E-state index is 0.158. The Morgan fingerprint density at radius 1 is 1.11 bits per heavy atom. The molecule has 2 amide bonds. The van der Waals surface area contributed by atoms with Gasteiger partial charge in [0.15, 0.2) is 0 Å². The number of anilines is 2. The van der Waals surface area contributed by atoms with Crippen molar-refractivity contribution in [1.82, 2.24) is 4.98 Å². The number of nitrogens with one attached hydrogen (secondary N) is 2. The summed E-state index contributed by atoms with van der Waals surface area (Å²) in [6.45, 7) is 0. The molecule has 2 aromatic carbocycles. The van der Waals surface area contributed by atoms with Gasteiger partial charge in [-0.2, -0.15) is 0 Å². The van der Waals surface area contributed by atoms with Crippen molar-refractivity contribution in [2.24, 2.45) is 0 Å². The maximum Gasteiger partial charge on any atom is 0.411 e. The summed E-state index contributed by atoms with van der Waals surface area (Å²) in [5, 5.41) is 8.13. The first kappa shape index (κ1) is 19.1. The van der Waals surface area contributed by atoms with Crippen LogP contribution in [0, 0.1) is 0 Å². The Bertz CT molecular complexity index is 957. The van der Waals surface area contributed by atoms with E-state index >= 15 is 0 Å². The predicted octanol–water partition coefficient (Wildman–Crippen LogP) is 4.93. The van der Waals surface area contributed by atoms with E-state index in [2.05, 4.69) is 36.3 Å². The molecule has 8 heteroatoms. The number of hydrogen-bond acceptors (Lipinski definition) is 5. The van der Waals surface area contributed by atoms with Gasteiger partial charge in [0.05, 0.1) is 19.2 Å². The van der Waals surface area contributed by atoms with Crippen LogP contribution in [0.15, 0.2) is 58.4 Å². The van der Waals surface area contributed by atoms with Gasteiger partial charge in [-0.1, -0.05) is 28.1 Å². The molecule has 0 aliphatic heterocycles. The molecule has 138 valence electrons. The van der Waals surface area contributed by atoms with Crippen LogP contribution < -0.4 is 10.6 Å². The van der Waals surface area contributed by atoms with Gasteiger partial charge in [-0.25, -0.2) is 9.78 Å². The average Bonchev–Trinajstić information content (AvgIpc) is 3.11. The maximum absolute atomic E-state index is 12.2. The number of carbonyl (C=O) groups excluding carboxylic acids is 2. The number of halogens is 1. The van der Waals surface area contributed by atoms with E-state index < -0.39 is 6.09 Å². The second-order valence-electron chi connectivity index (χ2n) is 5.57. The molecular weight excluding hydrogens is 430 g/mol. The minimum atomic E-state index is -0.545.